The summed E-state index contributed by atoms with van der Waals surface area (Å²) < 4.78 is 50.8. The number of oxime groups is 1. The van der Waals surface area contributed by atoms with E-state index in [2.05, 4.69) is 9.44 Å². The number of carbonyl (C=O) groups excluding carboxylic acids is 1. The molecular formula is C25H28NO12S2-. The van der Waals surface area contributed by atoms with Gasteiger partial charge in [0.05, 0.1) is 7.11 Å². The fraction of sp³-hybridized carbons (Fsp3) is 0.360. The van der Waals surface area contributed by atoms with Crippen molar-refractivity contribution in [3.8, 4) is 11.5 Å². The van der Waals surface area contributed by atoms with Gasteiger partial charge in [0.25, 0.3) is 0 Å². The Morgan fingerprint density at radius 3 is 2.50 bits per heavy atom. The number of aliphatic hydroxyl groups is 3. The van der Waals surface area contributed by atoms with E-state index in [9.17, 15) is 33.6 Å². The lowest BCUT2D eigenvalue weighted by Crippen LogP contribution is -2.58. The summed E-state index contributed by atoms with van der Waals surface area (Å²) >= 11 is 0.701. The van der Waals surface area contributed by atoms with Gasteiger partial charge in [-0.3, -0.25) is 4.55 Å². The molecule has 0 saturated carbocycles. The van der Waals surface area contributed by atoms with Gasteiger partial charge in [-0.25, -0.2) is 9.08 Å². The predicted octanol–water partition coefficient (Wildman–Crippen LogP) is 0.632. The topological polar surface area (TPSA) is 204 Å². The molecule has 5 atom stereocenters. The molecule has 1 aliphatic heterocycles. The lowest BCUT2D eigenvalue weighted by atomic mass is 10.0. The smallest absolute Gasteiger partial charge is 0.466 e. The Morgan fingerprint density at radius 2 is 1.85 bits per heavy atom. The molecule has 2 aromatic rings. The second-order valence-corrected chi connectivity index (χ2v) is 10.7. The molecule has 4 N–H and O–H groups in total. The van der Waals surface area contributed by atoms with Gasteiger partial charge in [0.1, 0.15) is 47.3 Å². The van der Waals surface area contributed by atoms with Gasteiger partial charge in [0, 0.05) is 12.5 Å². The molecular weight excluding hydrogens is 570 g/mol. The van der Waals surface area contributed by atoms with Crippen molar-refractivity contribution in [2.24, 2.45) is 5.16 Å². The van der Waals surface area contributed by atoms with Crippen LogP contribution in [-0.2, 0) is 35.4 Å². The molecule has 0 aliphatic carbocycles. The normalized spacial score (nSPS) is 23.6. The number of hydrogen-bond acceptors (Lipinski definition) is 13. The van der Waals surface area contributed by atoms with E-state index >= 15 is 0 Å². The highest BCUT2D eigenvalue weighted by molar-refractivity contribution is 8.14. The van der Waals surface area contributed by atoms with Crippen molar-refractivity contribution in [3.63, 3.8) is 0 Å². The highest BCUT2D eigenvalue weighted by atomic mass is 32.3. The zero-order valence-corrected chi connectivity index (χ0v) is 22.7. The Kier molecular flexibility index (Phi) is 11.3. The molecule has 13 nitrogen and oxygen atoms in total. The van der Waals surface area contributed by atoms with E-state index in [1.807, 2.05) is 18.2 Å². The van der Waals surface area contributed by atoms with Crippen LogP contribution in [0.15, 0.2) is 59.8 Å². The van der Waals surface area contributed by atoms with Crippen LogP contribution in [0.5, 0.6) is 11.5 Å². The Labute approximate surface area is 234 Å². The zero-order chi connectivity index (χ0) is 29.3. The van der Waals surface area contributed by atoms with Gasteiger partial charge in [0.15, 0.2) is 0 Å². The van der Waals surface area contributed by atoms with Gasteiger partial charge in [-0.1, -0.05) is 65.1 Å². The number of carbonyl (C=O) groups is 1. The van der Waals surface area contributed by atoms with E-state index in [0.29, 0.717) is 23.7 Å². The van der Waals surface area contributed by atoms with Crippen molar-refractivity contribution in [3.05, 3.63) is 65.7 Å². The number of ether oxygens (including phenoxy) is 3. The molecule has 2 aromatic carbocycles. The first-order valence-electron chi connectivity index (χ1n) is 11.8. The van der Waals surface area contributed by atoms with Crippen LogP contribution < -0.4 is 9.84 Å². The number of benzene rings is 2. The third-order valence-electron chi connectivity index (χ3n) is 5.61. The van der Waals surface area contributed by atoms with Crippen LogP contribution in [0.25, 0.3) is 6.08 Å². The van der Waals surface area contributed by atoms with Crippen molar-refractivity contribution in [1.29, 1.82) is 0 Å². The molecule has 218 valence electrons. The number of hydrogen-bond donors (Lipinski definition) is 4. The number of thioether (sulfide) groups is 1. The summed E-state index contributed by atoms with van der Waals surface area (Å²) in [6.45, 7) is -0.515. The number of nitrogens with zero attached hydrogens (tertiary/aromatic N) is 1. The van der Waals surface area contributed by atoms with Crippen molar-refractivity contribution in [1.82, 2.24) is 0 Å². The summed E-state index contributed by atoms with van der Waals surface area (Å²) in [5, 5.41) is 46.4. The molecule has 15 heteroatoms. The average molecular weight is 599 g/mol. The fourth-order valence-corrected chi connectivity index (χ4v) is 4.87. The van der Waals surface area contributed by atoms with Gasteiger partial charge < -0.3 is 34.6 Å². The Bertz CT molecular complexity index is 1300. The van der Waals surface area contributed by atoms with Gasteiger partial charge in [0.2, 0.25) is 0 Å². The van der Waals surface area contributed by atoms with Crippen LogP contribution in [0.4, 0.5) is 0 Å². The Balaban J connectivity index is 1.64. The highest BCUT2D eigenvalue weighted by Gasteiger charge is 2.45. The van der Waals surface area contributed by atoms with Gasteiger partial charge >= 0.3 is 16.4 Å². The maximum absolute atomic E-state index is 12.2. The summed E-state index contributed by atoms with van der Waals surface area (Å²) in [4.78, 5) is 12.2. The summed E-state index contributed by atoms with van der Waals surface area (Å²) in [5.41, 5.74) is 0.00950. The maximum atomic E-state index is 12.2. The second-order valence-electron chi connectivity index (χ2n) is 8.48. The van der Waals surface area contributed by atoms with E-state index in [-0.39, 0.29) is 23.0 Å². The van der Waals surface area contributed by atoms with Crippen LogP contribution in [-0.4, -0.2) is 82.9 Å². The summed E-state index contributed by atoms with van der Waals surface area (Å²) in [5.74, 6) is -1.06. The van der Waals surface area contributed by atoms with E-state index < -0.39 is 52.8 Å². The third kappa shape index (κ3) is 9.48. The number of aryl methyl sites for hydroxylation is 1. The molecule has 1 heterocycles. The van der Waals surface area contributed by atoms with Gasteiger partial charge in [-0.2, -0.15) is 8.42 Å². The largest absolute Gasteiger partial charge is 0.870 e. The van der Waals surface area contributed by atoms with Crippen molar-refractivity contribution >= 4 is 39.2 Å². The van der Waals surface area contributed by atoms with Crippen LogP contribution in [0.2, 0.25) is 0 Å². The first-order valence-corrected chi connectivity index (χ1v) is 14.0. The molecule has 3 rings (SSSR count). The number of aliphatic hydroxyl groups excluding tert-OH is 3. The molecule has 1 aliphatic rings. The van der Waals surface area contributed by atoms with Gasteiger partial charge in [-0.15, -0.1) is 0 Å². The molecule has 0 radical (unpaired) electrons. The first-order chi connectivity index (χ1) is 19.0. The van der Waals surface area contributed by atoms with Crippen LogP contribution in [0.3, 0.4) is 0 Å². The minimum absolute atomic E-state index is 0.00923. The summed E-state index contributed by atoms with van der Waals surface area (Å²) in [7, 11) is -3.56. The van der Waals surface area contributed by atoms with Crippen LogP contribution in [0.1, 0.15) is 17.5 Å². The quantitative estimate of drug-likeness (QED) is 0.0701. The fourth-order valence-electron chi connectivity index (χ4n) is 3.57. The minimum Gasteiger partial charge on any atom is -0.870 e. The monoisotopic (exact) mass is 598 g/mol. The standard InChI is InChI=1S/C25H29NO12S2/c1-35-18-10-7-16(13-17(18)27)9-12-21(28)36-14-19-22(29)23(30)24(31)25(37-19)39-20(26-38-40(32,33)34)11-8-15-5-3-2-4-6-15/h2-7,9-10,12-13,19,22-25,27,29-31H,8,11,14H2,1H3,(H,32,33,34)/p-1/b12-9+,26-20-/t19-,22-,23+,24-,25+/m1/s1. The zero-order valence-electron chi connectivity index (χ0n) is 21.1. The summed E-state index contributed by atoms with van der Waals surface area (Å²) in [6.07, 6.45) is -3.39. The third-order valence-corrected chi connectivity index (χ3v) is 7.05. The van der Waals surface area contributed by atoms with E-state index in [0.717, 1.165) is 11.6 Å². The van der Waals surface area contributed by atoms with E-state index in [1.54, 1.807) is 18.2 Å². The SMILES string of the molecule is COc1ccc(/C=C/C(=O)OC[C@H]2O[C@@H](S/C(CCc3ccccc3)=N\OS(=O)(=O)O)[C@H](O)[C@@H](O)[C@@H]2O)cc1[O-]. The molecule has 1 fully saturated rings. The molecule has 0 bridgehead atoms. The first kappa shape index (κ1) is 31.3. The van der Waals surface area contributed by atoms with Crippen molar-refractivity contribution in [2.75, 3.05) is 13.7 Å². The Morgan fingerprint density at radius 1 is 1.12 bits per heavy atom. The van der Waals surface area contributed by atoms with E-state index in [4.69, 9.17) is 18.8 Å². The second kappa shape index (κ2) is 14.5. The molecule has 0 unspecified atom stereocenters. The van der Waals surface area contributed by atoms with Crippen LogP contribution in [0, 0.1) is 0 Å². The molecule has 1 saturated heterocycles. The summed E-state index contributed by atoms with van der Waals surface area (Å²) in [6, 6.07) is 13.3. The van der Waals surface area contributed by atoms with Crippen LogP contribution >= 0.6 is 11.8 Å². The van der Waals surface area contributed by atoms with E-state index in [1.165, 1.54) is 25.3 Å². The molecule has 0 amide bonds. The lowest BCUT2D eigenvalue weighted by Gasteiger charge is -2.39. The number of rotatable bonds is 11. The van der Waals surface area contributed by atoms with Gasteiger partial charge in [-0.05, 0) is 29.7 Å². The lowest BCUT2D eigenvalue weighted by molar-refractivity contribution is -0.270. The van der Waals surface area contributed by atoms with Crippen molar-refractivity contribution in [2.45, 2.75) is 42.7 Å². The molecule has 40 heavy (non-hydrogen) atoms. The molecule has 0 aromatic heterocycles. The molecule has 0 spiro atoms. The Hall–Kier alpha value is -3.18. The number of esters is 1. The predicted molar refractivity (Wildman–Crippen MR) is 142 cm³/mol. The maximum Gasteiger partial charge on any atom is 0.466 e. The van der Waals surface area contributed by atoms with Crippen molar-refractivity contribution < 1.29 is 56.7 Å². The minimum atomic E-state index is -4.92. The average Bonchev–Trinajstić information content (AvgIpc) is 2.92. The number of methoxy groups -OCH3 is 1. The highest BCUT2D eigenvalue weighted by Crippen LogP contribution is 2.31.